The van der Waals surface area contributed by atoms with Gasteiger partial charge in [-0.1, -0.05) is 6.42 Å². The van der Waals surface area contributed by atoms with Crippen LogP contribution in [0.3, 0.4) is 0 Å². The zero-order valence-electron chi connectivity index (χ0n) is 11.5. The Kier molecular flexibility index (Phi) is 2.72. The van der Waals surface area contributed by atoms with E-state index in [1.165, 1.54) is 64.7 Å². The monoisotopic (exact) mass is 249 g/mol. The largest absolute Gasteiger partial charge is 0.329 e. The van der Waals surface area contributed by atoms with Gasteiger partial charge >= 0.3 is 0 Å². The minimum Gasteiger partial charge on any atom is -0.329 e. The fourth-order valence-corrected chi connectivity index (χ4v) is 5.54. The summed E-state index contributed by atoms with van der Waals surface area (Å²) in [6.07, 6.45) is 8.56. The fraction of sp³-hybridized carbons (Fsp3) is 1.00. The van der Waals surface area contributed by atoms with E-state index in [0.29, 0.717) is 5.54 Å². The topological polar surface area (TPSA) is 32.5 Å². The molecular weight excluding hydrogens is 222 g/mol. The van der Waals surface area contributed by atoms with Crippen molar-refractivity contribution in [3.8, 4) is 0 Å². The zero-order valence-corrected chi connectivity index (χ0v) is 11.5. The standard InChI is InChI=1S/C15H27N3/c16-11-15(6-8-17-7-2-5-14(15)17)18-9-12-3-1-4-13(12)10-18/h12-14H,1-11,16H2. The molecule has 1 aliphatic carbocycles. The normalized spacial score (nSPS) is 48.8. The lowest BCUT2D eigenvalue weighted by Gasteiger charge is -2.43. The van der Waals surface area contributed by atoms with Crippen molar-refractivity contribution in [1.82, 2.24) is 9.80 Å². The molecule has 3 heteroatoms. The van der Waals surface area contributed by atoms with E-state index >= 15 is 0 Å². The van der Waals surface area contributed by atoms with E-state index in [2.05, 4.69) is 9.80 Å². The Hall–Kier alpha value is -0.120. The van der Waals surface area contributed by atoms with Crippen molar-refractivity contribution in [2.75, 3.05) is 32.7 Å². The molecule has 0 spiro atoms. The predicted octanol–water partition coefficient (Wildman–Crippen LogP) is 1.28. The van der Waals surface area contributed by atoms with Crippen molar-refractivity contribution < 1.29 is 0 Å². The van der Waals surface area contributed by atoms with Gasteiger partial charge in [-0.2, -0.15) is 0 Å². The Labute approximate surface area is 111 Å². The zero-order chi connectivity index (χ0) is 12.2. The van der Waals surface area contributed by atoms with Crippen molar-refractivity contribution >= 4 is 0 Å². The van der Waals surface area contributed by atoms with E-state index in [1.807, 2.05) is 0 Å². The number of hydrogen-bond acceptors (Lipinski definition) is 3. The summed E-state index contributed by atoms with van der Waals surface area (Å²) in [5.74, 6) is 2.01. The first-order chi connectivity index (χ1) is 8.83. The maximum atomic E-state index is 6.29. The Morgan fingerprint density at radius 1 is 1.00 bits per heavy atom. The summed E-state index contributed by atoms with van der Waals surface area (Å²) in [7, 11) is 0. The van der Waals surface area contributed by atoms with Gasteiger partial charge < -0.3 is 5.73 Å². The van der Waals surface area contributed by atoms with Crippen LogP contribution in [0.1, 0.15) is 38.5 Å². The van der Waals surface area contributed by atoms with Gasteiger partial charge in [0.15, 0.2) is 0 Å². The first kappa shape index (κ1) is 11.7. The van der Waals surface area contributed by atoms with Crippen LogP contribution >= 0.6 is 0 Å². The summed E-state index contributed by atoms with van der Waals surface area (Å²) in [6, 6.07) is 0.779. The van der Waals surface area contributed by atoms with Gasteiger partial charge in [-0.3, -0.25) is 9.80 Å². The summed E-state index contributed by atoms with van der Waals surface area (Å²) in [5.41, 5.74) is 6.63. The van der Waals surface area contributed by atoms with Gasteiger partial charge in [-0.15, -0.1) is 0 Å². The van der Waals surface area contributed by atoms with E-state index in [1.54, 1.807) is 0 Å². The third-order valence-corrected chi connectivity index (χ3v) is 6.53. The van der Waals surface area contributed by atoms with Gasteiger partial charge in [0.2, 0.25) is 0 Å². The molecule has 4 atom stereocenters. The van der Waals surface area contributed by atoms with Crippen LogP contribution in [-0.2, 0) is 0 Å². The third kappa shape index (κ3) is 1.47. The van der Waals surface area contributed by atoms with Crippen LogP contribution in [-0.4, -0.2) is 54.1 Å². The minimum absolute atomic E-state index is 0.348. The first-order valence-corrected chi connectivity index (χ1v) is 8.03. The molecule has 2 N–H and O–H groups in total. The highest BCUT2D eigenvalue weighted by molar-refractivity contribution is 5.12. The minimum atomic E-state index is 0.348. The molecule has 3 aliphatic heterocycles. The lowest BCUT2D eigenvalue weighted by Crippen LogP contribution is -2.59. The number of hydrogen-bond donors (Lipinski definition) is 1. The van der Waals surface area contributed by atoms with Crippen LogP contribution in [0.15, 0.2) is 0 Å². The average Bonchev–Trinajstić information content (AvgIpc) is 3.08. The van der Waals surface area contributed by atoms with Crippen LogP contribution in [0.25, 0.3) is 0 Å². The van der Waals surface area contributed by atoms with Gasteiger partial charge in [-0.05, 0) is 50.5 Å². The molecule has 0 aromatic heterocycles. The van der Waals surface area contributed by atoms with Crippen molar-refractivity contribution in [2.45, 2.75) is 50.1 Å². The average molecular weight is 249 g/mol. The van der Waals surface area contributed by atoms with E-state index in [0.717, 1.165) is 24.4 Å². The van der Waals surface area contributed by atoms with Gasteiger partial charge in [0, 0.05) is 37.8 Å². The number of likely N-dealkylation sites (tertiary alicyclic amines) is 1. The number of nitrogens with zero attached hydrogens (tertiary/aromatic N) is 2. The highest BCUT2D eigenvalue weighted by atomic mass is 15.3. The van der Waals surface area contributed by atoms with E-state index in [4.69, 9.17) is 5.73 Å². The van der Waals surface area contributed by atoms with Crippen molar-refractivity contribution in [1.29, 1.82) is 0 Å². The molecule has 0 amide bonds. The number of fused-ring (bicyclic) bond motifs is 2. The second-order valence-corrected chi connectivity index (χ2v) is 7.11. The molecule has 0 radical (unpaired) electrons. The van der Waals surface area contributed by atoms with Gasteiger partial charge in [-0.25, -0.2) is 0 Å². The predicted molar refractivity (Wildman–Crippen MR) is 73.4 cm³/mol. The van der Waals surface area contributed by atoms with Crippen LogP contribution in [0.2, 0.25) is 0 Å². The summed E-state index contributed by atoms with van der Waals surface area (Å²) < 4.78 is 0. The lowest BCUT2D eigenvalue weighted by molar-refractivity contribution is 0.0808. The SMILES string of the molecule is NCC1(N2CC3CCCC3C2)CCN2CCCC21. The summed E-state index contributed by atoms with van der Waals surface area (Å²) in [4.78, 5) is 5.55. The fourth-order valence-electron chi connectivity index (χ4n) is 5.54. The second-order valence-electron chi connectivity index (χ2n) is 7.11. The van der Waals surface area contributed by atoms with Crippen LogP contribution in [0, 0.1) is 11.8 Å². The van der Waals surface area contributed by atoms with Gasteiger partial charge in [0.25, 0.3) is 0 Å². The Bertz CT molecular complexity index is 320. The Morgan fingerprint density at radius 2 is 1.78 bits per heavy atom. The molecule has 4 rings (SSSR count). The molecule has 4 fully saturated rings. The van der Waals surface area contributed by atoms with Gasteiger partial charge in [0.1, 0.15) is 0 Å². The van der Waals surface area contributed by atoms with E-state index in [9.17, 15) is 0 Å². The first-order valence-electron chi connectivity index (χ1n) is 8.03. The van der Waals surface area contributed by atoms with Crippen LogP contribution in [0.4, 0.5) is 0 Å². The van der Waals surface area contributed by atoms with Crippen LogP contribution < -0.4 is 5.73 Å². The molecule has 3 nitrogen and oxygen atoms in total. The van der Waals surface area contributed by atoms with E-state index < -0.39 is 0 Å². The Morgan fingerprint density at radius 3 is 2.50 bits per heavy atom. The molecule has 1 saturated carbocycles. The summed E-state index contributed by atoms with van der Waals surface area (Å²) in [5, 5.41) is 0. The van der Waals surface area contributed by atoms with Crippen molar-refractivity contribution in [2.24, 2.45) is 17.6 Å². The van der Waals surface area contributed by atoms with Gasteiger partial charge in [0.05, 0.1) is 0 Å². The third-order valence-electron chi connectivity index (χ3n) is 6.53. The Balaban J connectivity index is 1.58. The highest BCUT2D eigenvalue weighted by Gasteiger charge is 2.54. The summed E-state index contributed by atoms with van der Waals surface area (Å²) >= 11 is 0. The number of rotatable bonds is 2. The molecular formula is C15H27N3. The molecule has 0 aromatic rings. The maximum Gasteiger partial charge on any atom is 0.0499 e. The second kappa shape index (κ2) is 4.19. The van der Waals surface area contributed by atoms with Crippen LogP contribution in [0.5, 0.6) is 0 Å². The molecule has 18 heavy (non-hydrogen) atoms. The van der Waals surface area contributed by atoms with E-state index in [-0.39, 0.29) is 0 Å². The molecule has 102 valence electrons. The van der Waals surface area contributed by atoms with Crippen molar-refractivity contribution in [3.63, 3.8) is 0 Å². The molecule has 3 heterocycles. The maximum absolute atomic E-state index is 6.29. The van der Waals surface area contributed by atoms with Crippen molar-refractivity contribution in [3.05, 3.63) is 0 Å². The molecule has 0 bridgehead atoms. The summed E-state index contributed by atoms with van der Waals surface area (Å²) in [6.45, 7) is 6.22. The quantitative estimate of drug-likeness (QED) is 0.800. The molecule has 4 aliphatic rings. The molecule has 4 unspecified atom stereocenters. The highest BCUT2D eigenvalue weighted by Crippen LogP contribution is 2.46. The molecule has 3 saturated heterocycles. The molecule has 0 aromatic carbocycles. The number of nitrogens with two attached hydrogens (primary N) is 1. The smallest absolute Gasteiger partial charge is 0.0499 e. The lowest BCUT2D eigenvalue weighted by atomic mass is 9.86.